The van der Waals surface area contributed by atoms with Crippen molar-refractivity contribution in [3.8, 4) is 0 Å². The topological polar surface area (TPSA) is 85.5 Å². The predicted octanol–water partition coefficient (Wildman–Crippen LogP) is -0.400. The number of nitrogens with one attached hydrogen (secondary N) is 2. The summed E-state index contributed by atoms with van der Waals surface area (Å²) in [7, 11) is -3.59. The van der Waals surface area contributed by atoms with E-state index in [0.717, 1.165) is 19.5 Å². The Morgan fingerprint density at radius 2 is 2.00 bits per heavy atom. The second kappa shape index (κ2) is 5.78. The van der Waals surface area contributed by atoms with E-state index in [1.807, 2.05) is 0 Å². The van der Waals surface area contributed by atoms with Crippen molar-refractivity contribution in [3.05, 3.63) is 18.5 Å². The first-order valence-electron chi connectivity index (χ1n) is 7.25. The molecule has 7 nitrogen and oxygen atoms in total. The zero-order valence-electron chi connectivity index (χ0n) is 11.8. The molecule has 21 heavy (non-hydrogen) atoms. The van der Waals surface area contributed by atoms with Crippen LogP contribution in [0.15, 0.2) is 23.4 Å². The second-order valence-electron chi connectivity index (χ2n) is 5.40. The smallest absolute Gasteiger partial charge is 0.245 e. The second-order valence-corrected chi connectivity index (χ2v) is 7.29. The number of nitrogens with zero attached hydrogens (tertiary/aromatic N) is 2. The van der Waals surface area contributed by atoms with Crippen molar-refractivity contribution in [1.82, 2.24) is 19.5 Å². The molecule has 2 N–H and O–H groups in total. The van der Waals surface area contributed by atoms with Gasteiger partial charge in [0, 0.05) is 45.1 Å². The quantitative estimate of drug-likeness (QED) is 0.795. The number of sulfonamides is 1. The minimum atomic E-state index is -3.59. The molecule has 0 radical (unpaired) electrons. The van der Waals surface area contributed by atoms with Crippen LogP contribution in [0.4, 0.5) is 0 Å². The molecular formula is C13H20N4O3S. The van der Waals surface area contributed by atoms with E-state index in [-0.39, 0.29) is 10.8 Å². The zero-order chi connectivity index (χ0) is 14.9. The maximum absolute atomic E-state index is 12.6. The lowest BCUT2D eigenvalue weighted by molar-refractivity contribution is -0.135. The Balaban J connectivity index is 1.81. The summed E-state index contributed by atoms with van der Waals surface area (Å²) < 4.78 is 26.6. The fourth-order valence-electron chi connectivity index (χ4n) is 2.98. The van der Waals surface area contributed by atoms with Crippen molar-refractivity contribution < 1.29 is 13.2 Å². The van der Waals surface area contributed by atoms with E-state index in [1.165, 1.54) is 16.6 Å². The number of aromatic nitrogens is 1. The fraction of sp³-hybridized carbons (Fsp3) is 0.615. The van der Waals surface area contributed by atoms with E-state index in [0.29, 0.717) is 26.1 Å². The lowest BCUT2D eigenvalue weighted by Gasteiger charge is -2.32. The summed E-state index contributed by atoms with van der Waals surface area (Å²) in [5, 5.41) is 3.19. The molecule has 1 aromatic rings. The van der Waals surface area contributed by atoms with Gasteiger partial charge in [0.2, 0.25) is 15.9 Å². The molecule has 1 amide bonds. The first kappa shape index (κ1) is 14.6. The fourth-order valence-corrected chi connectivity index (χ4v) is 4.60. The van der Waals surface area contributed by atoms with Crippen molar-refractivity contribution in [1.29, 1.82) is 0 Å². The number of piperazine rings is 1. The summed E-state index contributed by atoms with van der Waals surface area (Å²) in [5.41, 5.74) is 0. The van der Waals surface area contributed by atoms with E-state index in [2.05, 4.69) is 10.3 Å². The Morgan fingerprint density at radius 1 is 1.24 bits per heavy atom. The van der Waals surface area contributed by atoms with Crippen LogP contribution in [0.3, 0.4) is 0 Å². The van der Waals surface area contributed by atoms with Gasteiger partial charge in [-0.25, -0.2) is 8.42 Å². The van der Waals surface area contributed by atoms with Gasteiger partial charge in [0.05, 0.1) is 4.90 Å². The monoisotopic (exact) mass is 312 g/mol. The molecule has 3 rings (SSSR count). The first-order chi connectivity index (χ1) is 10.1. The van der Waals surface area contributed by atoms with Gasteiger partial charge in [-0.2, -0.15) is 4.31 Å². The third kappa shape index (κ3) is 2.70. The van der Waals surface area contributed by atoms with Crippen LogP contribution in [-0.2, 0) is 14.8 Å². The Kier molecular flexibility index (Phi) is 4.01. The molecule has 0 saturated carbocycles. The number of aromatic amines is 1. The SMILES string of the molecule is O=C(C1CCCN1S(=O)(=O)c1cc[nH]c1)N1CCNCC1. The standard InChI is InChI=1S/C13H20N4O3S/c18-13(16-8-5-14-6-9-16)12-2-1-7-17(12)21(19,20)11-3-4-15-10-11/h3-4,10,12,14-15H,1-2,5-9H2. The number of carbonyl (C=O) groups excluding carboxylic acids is 1. The van der Waals surface area contributed by atoms with Crippen LogP contribution in [0.5, 0.6) is 0 Å². The molecular weight excluding hydrogens is 292 g/mol. The summed E-state index contributed by atoms with van der Waals surface area (Å²) in [5.74, 6) is -0.0619. The molecule has 1 aromatic heterocycles. The number of H-pyrrole nitrogens is 1. The lowest BCUT2D eigenvalue weighted by atomic mass is 10.2. The maximum atomic E-state index is 12.6. The summed E-state index contributed by atoms with van der Waals surface area (Å²) in [6.45, 7) is 3.24. The molecule has 2 aliphatic rings. The average Bonchev–Trinajstić information content (AvgIpc) is 3.19. The molecule has 2 fully saturated rings. The van der Waals surface area contributed by atoms with Gasteiger partial charge in [0.1, 0.15) is 6.04 Å². The van der Waals surface area contributed by atoms with Crippen LogP contribution in [0.25, 0.3) is 0 Å². The molecule has 0 spiro atoms. The largest absolute Gasteiger partial charge is 0.366 e. The van der Waals surface area contributed by atoms with Crippen molar-refractivity contribution in [2.75, 3.05) is 32.7 Å². The minimum absolute atomic E-state index is 0.0619. The van der Waals surface area contributed by atoms with Gasteiger partial charge in [-0.05, 0) is 18.9 Å². The van der Waals surface area contributed by atoms with E-state index < -0.39 is 16.1 Å². The number of carbonyl (C=O) groups is 1. The third-order valence-corrected chi connectivity index (χ3v) is 6.00. The van der Waals surface area contributed by atoms with Crippen molar-refractivity contribution in [3.63, 3.8) is 0 Å². The Hall–Kier alpha value is -1.38. The maximum Gasteiger partial charge on any atom is 0.245 e. The van der Waals surface area contributed by atoms with Crippen LogP contribution in [0, 0.1) is 0 Å². The normalized spacial score (nSPS) is 24.4. The van der Waals surface area contributed by atoms with Gasteiger partial charge in [-0.1, -0.05) is 0 Å². The molecule has 0 aliphatic carbocycles. The van der Waals surface area contributed by atoms with Gasteiger partial charge < -0.3 is 15.2 Å². The van der Waals surface area contributed by atoms with E-state index in [1.54, 1.807) is 11.1 Å². The third-order valence-electron chi connectivity index (χ3n) is 4.09. The highest BCUT2D eigenvalue weighted by Crippen LogP contribution is 2.27. The van der Waals surface area contributed by atoms with Gasteiger partial charge in [0.25, 0.3) is 0 Å². The van der Waals surface area contributed by atoms with Crippen LogP contribution in [0.1, 0.15) is 12.8 Å². The van der Waals surface area contributed by atoms with Crippen molar-refractivity contribution >= 4 is 15.9 Å². The van der Waals surface area contributed by atoms with Crippen LogP contribution < -0.4 is 5.32 Å². The summed E-state index contributed by atoms with van der Waals surface area (Å²) in [4.78, 5) is 17.4. The molecule has 1 atom stereocenters. The number of hydrogen-bond donors (Lipinski definition) is 2. The summed E-state index contributed by atoms with van der Waals surface area (Å²) in [6, 6.07) is 0.975. The van der Waals surface area contributed by atoms with Gasteiger partial charge in [-0.15, -0.1) is 0 Å². The van der Waals surface area contributed by atoms with Crippen LogP contribution >= 0.6 is 0 Å². The zero-order valence-corrected chi connectivity index (χ0v) is 12.6. The molecule has 2 aliphatic heterocycles. The molecule has 1 unspecified atom stereocenters. The minimum Gasteiger partial charge on any atom is -0.366 e. The van der Waals surface area contributed by atoms with Crippen molar-refractivity contribution in [2.24, 2.45) is 0 Å². The Morgan fingerprint density at radius 3 is 2.67 bits per heavy atom. The van der Waals surface area contributed by atoms with E-state index in [4.69, 9.17) is 0 Å². The summed E-state index contributed by atoms with van der Waals surface area (Å²) >= 11 is 0. The van der Waals surface area contributed by atoms with Gasteiger partial charge in [-0.3, -0.25) is 4.79 Å². The van der Waals surface area contributed by atoms with Crippen LogP contribution in [-0.4, -0.2) is 67.3 Å². The van der Waals surface area contributed by atoms with Gasteiger partial charge in [0.15, 0.2) is 0 Å². The van der Waals surface area contributed by atoms with E-state index >= 15 is 0 Å². The Labute approximate surface area is 124 Å². The Bertz CT molecular complexity index is 593. The predicted molar refractivity (Wildman–Crippen MR) is 77.2 cm³/mol. The number of hydrogen-bond acceptors (Lipinski definition) is 4. The molecule has 2 saturated heterocycles. The number of rotatable bonds is 3. The highest BCUT2D eigenvalue weighted by atomic mass is 32.2. The summed E-state index contributed by atoms with van der Waals surface area (Å²) in [6.07, 6.45) is 4.37. The van der Waals surface area contributed by atoms with Gasteiger partial charge >= 0.3 is 0 Å². The average molecular weight is 312 g/mol. The highest BCUT2D eigenvalue weighted by Gasteiger charge is 2.41. The molecule has 8 heteroatoms. The highest BCUT2D eigenvalue weighted by molar-refractivity contribution is 7.89. The molecule has 116 valence electrons. The number of amides is 1. The van der Waals surface area contributed by atoms with Crippen molar-refractivity contribution in [2.45, 2.75) is 23.8 Å². The van der Waals surface area contributed by atoms with E-state index in [9.17, 15) is 13.2 Å². The molecule has 0 bridgehead atoms. The van der Waals surface area contributed by atoms with Crippen LogP contribution in [0.2, 0.25) is 0 Å². The first-order valence-corrected chi connectivity index (χ1v) is 8.69. The molecule has 3 heterocycles. The molecule has 0 aromatic carbocycles. The lowest BCUT2D eigenvalue weighted by Crippen LogP contribution is -2.53.